The van der Waals surface area contributed by atoms with E-state index in [-0.39, 0.29) is 0 Å². The van der Waals surface area contributed by atoms with Crippen molar-refractivity contribution >= 4 is 22.2 Å². The molecule has 0 unspecified atom stereocenters. The second-order valence-electron chi connectivity index (χ2n) is 3.50. The van der Waals surface area contributed by atoms with Gasteiger partial charge in [0.15, 0.2) is 0 Å². The summed E-state index contributed by atoms with van der Waals surface area (Å²) < 4.78 is 18.9. The number of nitrogens with zero attached hydrogens (tertiary/aromatic N) is 3. The van der Waals surface area contributed by atoms with Gasteiger partial charge in [-0.1, -0.05) is 0 Å². The van der Waals surface area contributed by atoms with Gasteiger partial charge in [-0.2, -0.15) is 10.6 Å². The van der Waals surface area contributed by atoms with Crippen molar-refractivity contribution in [3.8, 4) is 0 Å². The molecule has 0 aliphatic carbocycles. The minimum atomic E-state index is -2.35. The summed E-state index contributed by atoms with van der Waals surface area (Å²) in [6.45, 7) is 1.19. The molecule has 15 heavy (non-hydrogen) atoms. The molecule has 4 N–H and O–H groups in total. The first-order valence-corrected chi connectivity index (χ1v) is 6.51. The number of rotatable bonds is 1. The number of anilines is 2. The largest absolute Gasteiger partial charge is 0.384 e. The highest BCUT2D eigenvalue weighted by atomic mass is 32.3. The highest BCUT2D eigenvalue weighted by molar-refractivity contribution is 8.24. The second-order valence-corrected chi connectivity index (χ2v) is 5.92. The fraction of sp³-hybridized carbons (Fsp3) is 0.500. The zero-order valence-corrected chi connectivity index (χ0v) is 9.02. The van der Waals surface area contributed by atoms with Gasteiger partial charge in [-0.15, -0.1) is 0 Å². The molecule has 0 atom stereocenters. The van der Waals surface area contributed by atoms with Crippen molar-refractivity contribution < 1.29 is 9.11 Å². The summed E-state index contributed by atoms with van der Waals surface area (Å²) in [4.78, 5) is 9.88. The SMILES string of the molecule is Nc1cc(N2CCS(O)(O)CC2)ncn1. The standard InChI is InChI=1S/C8H14N4O2S/c9-7-5-8(11-6-10-7)12-1-3-15(13,14)4-2-12/h5-6,13-14H,1-4H2,(H2,9,10,11). The van der Waals surface area contributed by atoms with Crippen LogP contribution in [0.4, 0.5) is 11.6 Å². The van der Waals surface area contributed by atoms with Crippen molar-refractivity contribution in [2.45, 2.75) is 0 Å². The van der Waals surface area contributed by atoms with Gasteiger partial charge in [-0.3, -0.25) is 9.11 Å². The van der Waals surface area contributed by atoms with Crippen LogP contribution in [0, 0.1) is 0 Å². The summed E-state index contributed by atoms with van der Waals surface area (Å²) in [5.41, 5.74) is 5.55. The van der Waals surface area contributed by atoms with E-state index in [1.807, 2.05) is 4.90 Å². The Labute approximate surface area is 89.5 Å². The van der Waals surface area contributed by atoms with Crippen LogP contribution in [-0.4, -0.2) is 43.7 Å². The molecule has 0 bridgehead atoms. The van der Waals surface area contributed by atoms with E-state index in [2.05, 4.69) is 9.97 Å². The van der Waals surface area contributed by atoms with E-state index < -0.39 is 10.6 Å². The summed E-state index contributed by atoms with van der Waals surface area (Å²) in [7, 11) is -2.35. The van der Waals surface area contributed by atoms with Crippen LogP contribution in [0.3, 0.4) is 0 Å². The monoisotopic (exact) mass is 230 g/mol. The molecule has 1 aliphatic rings. The predicted molar refractivity (Wildman–Crippen MR) is 61.2 cm³/mol. The summed E-state index contributed by atoms with van der Waals surface area (Å²) in [6, 6.07) is 1.69. The van der Waals surface area contributed by atoms with Gasteiger partial charge < -0.3 is 10.6 Å². The van der Waals surface area contributed by atoms with Gasteiger partial charge >= 0.3 is 0 Å². The molecule has 0 spiro atoms. The van der Waals surface area contributed by atoms with Crippen molar-refractivity contribution in [2.75, 3.05) is 35.2 Å². The fourth-order valence-corrected chi connectivity index (χ4v) is 2.72. The highest BCUT2D eigenvalue weighted by Gasteiger charge is 2.22. The molecule has 6 nitrogen and oxygen atoms in total. The average Bonchev–Trinajstić information content (AvgIpc) is 2.17. The number of hydrogen-bond donors (Lipinski definition) is 3. The number of aromatic nitrogens is 2. The molecule has 1 aromatic rings. The lowest BCUT2D eigenvalue weighted by Gasteiger charge is -2.41. The zero-order valence-electron chi connectivity index (χ0n) is 8.20. The Kier molecular flexibility index (Phi) is 2.68. The van der Waals surface area contributed by atoms with Crippen LogP contribution in [-0.2, 0) is 0 Å². The molecule has 0 saturated carbocycles. The first-order chi connectivity index (χ1) is 7.07. The second kappa shape index (κ2) is 3.84. The highest BCUT2D eigenvalue weighted by Crippen LogP contribution is 2.40. The van der Waals surface area contributed by atoms with E-state index >= 15 is 0 Å². The summed E-state index contributed by atoms with van der Waals surface area (Å²) >= 11 is 0. The maximum Gasteiger partial charge on any atom is 0.134 e. The molecule has 0 aromatic carbocycles. The Hall–Kier alpha value is -1.05. The topological polar surface area (TPSA) is 95.5 Å². The van der Waals surface area contributed by atoms with Crippen LogP contribution >= 0.6 is 10.6 Å². The molecular formula is C8H14N4O2S. The van der Waals surface area contributed by atoms with Gasteiger partial charge in [-0.25, -0.2) is 9.97 Å². The minimum absolute atomic E-state index is 0.400. The van der Waals surface area contributed by atoms with E-state index in [9.17, 15) is 9.11 Å². The quantitative estimate of drug-likeness (QED) is 0.655. The Morgan fingerprint density at radius 3 is 2.53 bits per heavy atom. The molecule has 1 aromatic heterocycles. The molecule has 2 heterocycles. The van der Waals surface area contributed by atoms with Crippen LogP contribution in [0.25, 0.3) is 0 Å². The van der Waals surface area contributed by atoms with E-state index in [4.69, 9.17) is 5.73 Å². The van der Waals surface area contributed by atoms with Crippen molar-refractivity contribution in [2.24, 2.45) is 0 Å². The van der Waals surface area contributed by atoms with Crippen molar-refractivity contribution in [3.05, 3.63) is 12.4 Å². The van der Waals surface area contributed by atoms with Gasteiger partial charge in [0, 0.05) is 19.2 Å². The number of nitrogens with two attached hydrogens (primary N) is 1. The summed E-state index contributed by atoms with van der Waals surface area (Å²) in [6.07, 6.45) is 1.41. The van der Waals surface area contributed by atoms with Crippen LogP contribution in [0.2, 0.25) is 0 Å². The van der Waals surface area contributed by atoms with E-state index in [1.54, 1.807) is 6.07 Å². The molecule has 0 amide bonds. The summed E-state index contributed by atoms with van der Waals surface area (Å²) in [5, 5.41) is 0. The first-order valence-electron chi connectivity index (χ1n) is 4.63. The van der Waals surface area contributed by atoms with Crippen LogP contribution in [0.5, 0.6) is 0 Å². The molecule has 1 saturated heterocycles. The van der Waals surface area contributed by atoms with Gasteiger partial charge in [0.2, 0.25) is 0 Å². The van der Waals surface area contributed by atoms with Gasteiger partial charge in [0.1, 0.15) is 18.0 Å². The Bertz CT molecular complexity index is 350. The lowest BCUT2D eigenvalue weighted by molar-refractivity contribution is 0.479. The fourth-order valence-electron chi connectivity index (χ4n) is 1.49. The van der Waals surface area contributed by atoms with Gasteiger partial charge in [-0.05, 0) is 0 Å². The third-order valence-corrected chi connectivity index (χ3v) is 4.05. The smallest absolute Gasteiger partial charge is 0.134 e. The lowest BCUT2D eigenvalue weighted by Crippen LogP contribution is -2.38. The van der Waals surface area contributed by atoms with Crippen molar-refractivity contribution in [3.63, 3.8) is 0 Å². The number of hydrogen-bond acceptors (Lipinski definition) is 6. The number of nitrogen functional groups attached to an aromatic ring is 1. The Balaban J connectivity index is 2.08. The van der Waals surface area contributed by atoms with E-state index in [0.717, 1.165) is 5.82 Å². The molecule has 1 fully saturated rings. The van der Waals surface area contributed by atoms with Crippen molar-refractivity contribution in [1.29, 1.82) is 0 Å². The molecule has 7 heteroatoms. The Morgan fingerprint density at radius 1 is 1.27 bits per heavy atom. The van der Waals surface area contributed by atoms with Gasteiger partial charge in [0.05, 0.1) is 11.5 Å². The normalized spacial score (nSPS) is 22.4. The molecule has 84 valence electrons. The van der Waals surface area contributed by atoms with Crippen LogP contribution in [0.1, 0.15) is 0 Å². The van der Waals surface area contributed by atoms with Crippen LogP contribution in [0.15, 0.2) is 12.4 Å². The van der Waals surface area contributed by atoms with E-state index in [0.29, 0.717) is 30.4 Å². The molecule has 1 aliphatic heterocycles. The molecule has 0 radical (unpaired) electrons. The predicted octanol–water partition coefficient (Wildman–Crippen LogP) is 0.629. The molecule has 2 rings (SSSR count). The molecular weight excluding hydrogens is 216 g/mol. The maximum absolute atomic E-state index is 9.45. The Morgan fingerprint density at radius 2 is 1.93 bits per heavy atom. The lowest BCUT2D eigenvalue weighted by atomic mass is 10.4. The van der Waals surface area contributed by atoms with Gasteiger partial charge in [0.25, 0.3) is 0 Å². The minimum Gasteiger partial charge on any atom is -0.384 e. The van der Waals surface area contributed by atoms with Crippen molar-refractivity contribution in [1.82, 2.24) is 9.97 Å². The third kappa shape index (κ3) is 2.49. The average molecular weight is 230 g/mol. The van der Waals surface area contributed by atoms with E-state index in [1.165, 1.54) is 6.33 Å². The maximum atomic E-state index is 9.45. The third-order valence-electron chi connectivity index (χ3n) is 2.37. The zero-order chi connectivity index (χ0) is 10.9. The summed E-state index contributed by atoms with van der Waals surface area (Å²) in [5.74, 6) is 1.97. The van der Waals surface area contributed by atoms with Crippen LogP contribution < -0.4 is 10.6 Å². The first kappa shape index (κ1) is 10.5.